The lowest BCUT2D eigenvalue weighted by atomic mass is 10.2. The lowest BCUT2D eigenvalue weighted by molar-refractivity contribution is 0.471. The highest BCUT2D eigenvalue weighted by Crippen LogP contribution is 2.16. The predicted octanol–water partition coefficient (Wildman–Crippen LogP) is 1.40. The van der Waals surface area contributed by atoms with Crippen LogP contribution in [0, 0.1) is 0 Å². The highest BCUT2D eigenvalue weighted by molar-refractivity contribution is 7.89. The minimum atomic E-state index is -3.49. The van der Waals surface area contributed by atoms with E-state index >= 15 is 0 Å². The summed E-state index contributed by atoms with van der Waals surface area (Å²) in [6, 6.07) is 12.3. The normalized spacial score (nSPS) is 11.8. The van der Waals surface area contributed by atoms with Crippen LogP contribution in [0.3, 0.4) is 0 Å². The number of nitrogens with zero attached hydrogens (tertiary/aromatic N) is 2. The third-order valence-corrected chi connectivity index (χ3v) is 5.10. The van der Waals surface area contributed by atoms with Crippen molar-refractivity contribution < 1.29 is 8.42 Å². The zero-order valence-corrected chi connectivity index (χ0v) is 12.8. The average Bonchev–Trinajstić information content (AvgIpc) is 2.53. The molecule has 0 unspecified atom stereocenters. The zero-order chi connectivity index (χ0) is 15.3. The maximum atomic E-state index is 12.5. The molecule has 112 valence electrons. The van der Waals surface area contributed by atoms with Crippen molar-refractivity contribution in [1.29, 1.82) is 0 Å². The first-order valence-electron chi connectivity index (χ1n) is 6.69. The number of nitrogens with two attached hydrogens (primary N) is 1. The summed E-state index contributed by atoms with van der Waals surface area (Å²) < 4.78 is 26.3. The fraction of sp³-hybridized carbons (Fsp3) is 0.267. The number of likely N-dealkylation sites (N-methyl/N-ethyl adjacent to an activating group) is 1. The number of pyridine rings is 1. The van der Waals surface area contributed by atoms with Crippen molar-refractivity contribution in [3.05, 3.63) is 59.9 Å². The van der Waals surface area contributed by atoms with Crippen LogP contribution in [0.4, 0.5) is 0 Å². The van der Waals surface area contributed by atoms with Gasteiger partial charge in [0.1, 0.15) is 0 Å². The monoisotopic (exact) mass is 305 g/mol. The zero-order valence-electron chi connectivity index (χ0n) is 11.9. The molecule has 0 spiro atoms. The second-order valence-electron chi connectivity index (χ2n) is 4.75. The minimum Gasteiger partial charge on any atom is -0.326 e. The van der Waals surface area contributed by atoms with Gasteiger partial charge < -0.3 is 5.73 Å². The summed E-state index contributed by atoms with van der Waals surface area (Å²) in [6.07, 6.45) is 2.28. The molecular weight excluding hydrogens is 286 g/mol. The van der Waals surface area contributed by atoms with Crippen molar-refractivity contribution in [2.45, 2.75) is 17.9 Å². The van der Waals surface area contributed by atoms with Crippen molar-refractivity contribution in [1.82, 2.24) is 9.29 Å². The van der Waals surface area contributed by atoms with E-state index in [0.29, 0.717) is 19.5 Å². The molecule has 5 nitrogen and oxygen atoms in total. The molecule has 0 radical (unpaired) electrons. The maximum Gasteiger partial charge on any atom is 0.242 e. The summed E-state index contributed by atoms with van der Waals surface area (Å²) in [5.74, 6) is 0. The van der Waals surface area contributed by atoms with E-state index in [0.717, 1.165) is 11.3 Å². The van der Waals surface area contributed by atoms with Gasteiger partial charge in [-0.2, -0.15) is 0 Å². The number of hydrogen-bond acceptors (Lipinski definition) is 4. The molecule has 0 fully saturated rings. The third-order valence-electron chi connectivity index (χ3n) is 3.25. The molecule has 0 saturated carbocycles. The van der Waals surface area contributed by atoms with Gasteiger partial charge in [0.05, 0.1) is 4.90 Å². The van der Waals surface area contributed by atoms with Gasteiger partial charge >= 0.3 is 0 Å². The second-order valence-corrected chi connectivity index (χ2v) is 6.79. The molecule has 2 rings (SSSR count). The van der Waals surface area contributed by atoms with Gasteiger partial charge in [0.15, 0.2) is 0 Å². The van der Waals surface area contributed by atoms with Gasteiger partial charge in [-0.1, -0.05) is 18.2 Å². The van der Waals surface area contributed by atoms with Crippen LogP contribution in [0.1, 0.15) is 11.3 Å². The van der Waals surface area contributed by atoms with Gasteiger partial charge in [-0.3, -0.25) is 4.98 Å². The number of sulfonamides is 1. The maximum absolute atomic E-state index is 12.5. The van der Waals surface area contributed by atoms with Crippen LogP contribution < -0.4 is 5.73 Å². The van der Waals surface area contributed by atoms with Gasteiger partial charge in [0.2, 0.25) is 10.0 Å². The molecule has 0 aliphatic heterocycles. The average molecular weight is 305 g/mol. The standard InChI is InChI=1S/C15H19N3O2S/c1-18(10-8-14-6-2-3-9-17-14)21(19,20)15-7-4-5-13(11-15)12-16/h2-7,9,11H,8,10,12,16H2,1H3. The van der Waals surface area contributed by atoms with E-state index < -0.39 is 10.0 Å². The molecule has 0 amide bonds. The summed E-state index contributed by atoms with van der Waals surface area (Å²) in [5, 5.41) is 0. The summed E-state index contributed by atoms with van der Waals surface area (Å²) in [6.45, 7) is 0.702. The minimum absolute atomic E-state index is 0.272. The van der Waals surface area contributed by atoms with Crippen LogP contribution in [0.5, 0.6) is 0 Å². The SMILES string of the molecule is CN(CCc1ccccn1)S(=O)(=O)c1cccc(CN)c1. The van der Waals surface area contributed by atoms with Crippen molar-refractivity contribution in [3.63, 3.8) is 0 Å². The molecule has 1 aromatic heterocycles. The smallest absolute Gasteiger partial charge is 0.242 e. The molecule has 0 atom stereocenters. The van der Waals surface area contributed by atoms with E-state index in [-0.39, 0.29) is 4.90 Å². The van der Waals surface area contributed by atoms with Crippen LogP contribution in [0.15, 0.2) is 53.6 Å². The number of hydrogen-bond donors (Lipinski definition) is 1. The van der Waals surface area contributed by atoms with Crippen LogP contribution >= 0.6 is 0 Å². The van der Waals surface area contributed by atoms with Crippen LogP contribution in [0.2, 0.25) is 0 Å². The Balaban J connectivity index is 2.11. The topological polar surface area (TPSA) is 76.3 Å². The van der Waals surface area contributed by atoms with Gasteiger partial charge in [0.25, 0.3) is 0 Å². The quantitative estimate of drug-likeness (QED) is 0.875. The number of rotatable bonds is 6. The van der Waals surface area contributed by atoms with E-state index in [1.54, 1.807) is 31.4 Å². The van der Waals surface area contributed by atoms with Gasteiger partial charge in [0, 0.05) is 38.4 Å². The van der Waals surface area contributed by atoms with E-state index in [2.05, 4.69) is 4.98 Å². The Hall–Kier alpha value is -1.76. The van der Waals surface area contributed by atoms with E-state index in [1.807, 2.05) is 24.3 Å². The van der Waals surface area contributed by atoms with Crippen molar-refractivity contribution in [2.75, 3.05) is 13.6 Å². The van der Waals surface area contributed by atoms with Crippen LogP contribution in [0.25, 0.3) is 0 Å². The van der Waals surface area contributed by atoms with Gasteiger partial charge in [-0.25, -0.2) is 12.7 Å². The molecule has 0 saturated heterocycles. The molecule has 1 heterocycles. The number of aromatic nitrogens is 1. The highest BCUT2D eigenvalue weighted by atomic mass is 32.2. The van der Waals surface area contributed by atoms with Crippen molar-refractivity contribution in [2.24, 2.45) is 5.73 Å². The summed E-state index contributed by atoms with van der Waals surface area (Å²) >= 11 is 0. The molecule has 6 heteroatoms. The predicted molar refractivity (Wildman–Crippen MR) is 82.1 cm³/mol. The summed E-state index contributed by atoms with van der Waals surface area (Å²) in [5.41, 5.74) is 7.23. The molecular formula is C15H19N3O2S. The number of benzene rings is 1. The molecule has 2 N–H and O–H groups in total. The van der Waals surface area contributed by atoms with E-state index in [4.69, 9.17) is 5.73 Å². The molecule has 2 aromatic rings. The van der Waals surface area contributed by atoms with E-state index in [9.17, 15) is 8.42 Å². The fourth-order valence-corrected chi connectivity index (χ4v) is 3.19. The summed E-state index contributed by atoms with van der Waals surface area (Å²) in [4.78, 5) is 4.47. The lowest BCUT2D eigenvalue weighted by Crippen LogP contribution is -2.29. The molecule has 0 aliphatic carbocycles. The third kappa shape index (κ3) is 3.87. The van der Waals surface area contributed by atoms with Gasteiger partial charge in [-0.15, -0.1) is 0 Å². The Bertz CT molecular complexity index is 687. The van der Waals surface area contributed by atoms with Crippen molar-refractivity contribution >= 4 is 10.0 Å². The lowest BCUT2D eigenvalue weighted by Gasteiger charge is -2.17. The summed E-state index contributed by atoms with van der Waals surface area (Å²) in [7, 11) is -1.91. The second kappa shape index (κ2) is 6.80. The molecule has 21 heavy (non-hydrogen) atoms. The first-order valence-corrected chi connectivity index (χ1v) is 8.13. The Morgan fingerprint density at radius 3 is 2.67 bits per heavy atom. The largest absolute Gasteiger partial charge is 0.326 e. The molecule has 0 bridgehead atoms. The van der Waals surface area contributed by atoms with Crippen molar-refractivity contribution in [3.8, 4) is 0 Å². The van der Waals surface area contributed by atoms with E-state index in [1.165, 1.54) is 4.31 Å². The Morgan fingerprint density at radius 2 is 2.00 bits per heavy atom. The molecule has 0 aliphatic rings. The highest BCUT2D eigenvalue weighted by Gasteiger charge is 2.20. The Kier molecular flexibility index (Phi) is 5.06. The van der Waals surface area contributed by atoms with Gasteiger partial charge in [-0.05, 0) is 29.8 Å². The first kappa shape index (κ1) is 15.6. The first-order chi connectivity index (χ1) is 10.0. The Labute approximate surface area is 125 Å². The van der Waals surface area contributed by atoms with Crippen LogP contribution in [-0.2, 0) is 23.0 Å². The molecule has 1 aromatic carbocycles. The fourth-order valence-electron chi connectivity index (χ4n) is 1.95. The van der Waals surface area contributed by atoms with Crippen LogP contribution in [-0.4, -0.2) is 31.3 Å². The Morgan fingerprint density at radius 1 is 1.19 bits per heavy atom.